The van der Waals surface area contributed by atoms with Crippen LogP contribution in [0.5, 0.6) is 5.75 Å². The molecule has 0 bridgehead atoms. The first kappa shape index (κ1) is 17.6. The fraction of sp³-hybridized carbons (Fsp3) is 0.429. The van der Waals surface area contributed by atoms with E-state index >= 15 is 0 Å². The van der Waals surface area contributed by atoms with E-state index in [1.807, 2.05) is 6.07 Å². The van der Waals surface area contributed by atoms with Gasteiger partial charge in [0.1, 0.15) is 5.75 Å². The lowest BCUT2D eigenvalue weighted by atomic mass is 9.91. The van der Waals surface area contributed by atoms with Crippen LogP contribution in [0.15, 0.2) is 48.5 Å². The minimum Gasteiger partial charge on any atom is -0.494 e. The van der Waals surface area contributed by atoms with Gasteiger partial charge in [-0.1, -0.05) is 57.2 Å². The van der Waals surface area contributed by atoms with Crippen molar-refractivity contribution in [3.05, 3.63) is 65.2 Å². The van der Waals surface area contributed by atoms with E-state index in [1.165, 1.54) is 16.7 Å². The molecule has 2 aromatic rings. The normalized spacial score (nSPS) is 12.4. The highest BCUT2D eigenvalue weighted by molar-refractivity contribution is 5.33. The predicted molar refractivity (Wildman–Crippen MR) is 98.3 cm³/mol. The smallest absolute Gasteiger partial charge is 0.119 e. The van der Waals surface area contributed by atoms with Crippen molar-refractivity contribution < 1.29 is 4.74 Å². The molecule has 0 aliphatic carbocycles. The van der Waals surface area contributed by atoms with Gasteiger partial charge >= 0.3 is 0 Å². The lowest BCUT2D eigenvalue weighted by molar-refractivity contribution is 0.317. The molecule has 23 heavy (non-hydrogen) atoms. The summed E-state index contributed by atoms with van der Waals surface area (Å²) in [6.45, 7) is 7.96. The van der Waals surface area contributed by atoms with Gasteiger partial charge in [0.15, 0.2) is 0 Å². The van der Waals surface area contributed by atoms with E-state index < -0.39 is 0 Å². The van der Waals surface area contributed by atoms with Crippen LogP contribution in [-0.2, 0) is 6.42 Å². The first-order valence-electron chi connectivity index (χ1n) is 8.65. The Morgan fingerprint density at radius 3 is 2.35 bits per heavy atom. The second-order valence-electron chi connectivity index (χ2n) is 6.45. The Morgan fingerprint density at radius 1 is 1.00 bits per heavy atom. The minimum absolute atomic E-state index is 0.324. The zero-order valence-corrected chi connectivity index (χ0v) is 14.6. The van der Waals surface area contributed by atoms with E-state index in [0.29, 0.717) is 18.4 Å². The molecule has 2 rings (SSSR count). The third-order valence-corrected chi connectivity index (χ3v) is 4.22. The van der Waals surface area contributed by atoms with Gasteiger partial charge in [-0.15, -0.1) is 0 Å². The van der Waals surface area contributed by atoms with Gasteiger partial charge in [0.05, 0.1) is 6.61 Å². The highest BCUT2D eigenvalue weighted by Crippen LogP contribution is 2.25. The standard InChI is InChI=1S/C21H29NO/c1-4-12-23-21-7-5-6-19(14-21)20(15-22)13-17-8-10-18(11-9-17)16(2)3/h5-11,14,16,20H,4,12-13,15,22H2,1-3H3. The lowest BCUT2D eigenvalue weighted by Gasteiger charge is -2.17. The van der Waals surface area contributed by atoms with E-state index in [0.717, 1.165) is 25.2 Å². The molecule has 0 spiro atoms. The highest BCUT2D eigenvalue weighted by atomic mass is 16.5. The van der Waals surface area contributed by atoms with Gasteiger partial charge in [-0.25, -0.2) is 0 Å². The predicted octanol–water partition coefficient (Wildman–Crippen LogP) is 4.88. The van der Waals surface area contributed by atoms with Crippen molar-refractivity contribution in [2.45, 2.75) is 45.4 Å². The second kappa shape index (κ2) is 8.73. The molecule has 0 fully saturated rings. The van der Waals surface area contributed by atoms with Crippen molar-refractivity contribution in [3.63, 3.8) is 0 Å². The first-order valence-corrected chi connectivity index (χ1v) is 8.65. The molecule has 0 amide bonds. The Labute approximate surface area is 140 Å². The molecule has 0 radical (unpaired) electrons. The molecular formula is C21H29NO. The maximum Gasteiger partial charge on any atom is 0.119 e. The zero-order valence-electron chi connectivity index (χ0n) is 14.6. The average molecular weight is 311 g/mol. The van der Waals surface area contributed by atoms with Crippen molar-refractivity contribution >= 4 is 0 Å². The molecule has 0 aliphatic heterocycles. The monoisotopic (exact) mass is 311 g/mol. The highest BCUT2D eigenvalue weighted by Gasteiger charge is 2.12. The Bertz CT molecular complexity index is 589. The maximum atomic E-state index is 6.04. The summed E-state index contributed by atoms with van der Waals surface area (Å²) >= 11 is 0. The van der Waals surface area contributed by atoms with Crippen molar-refractivity contribution in [1.82, 2.24) is 0 Å². The Balaban J connectivity index is 2.10. The number of benzene rings is 2. The van der Waals surface area contributed by atoms with E-state index in [-0.39, 0.29) is 0 Å². The summed E-state index contributed by atoms with van der Waals surface area (Å²) in [6.07, 6.45) is 1.98. The Morgan fingerprint density at radius 2 is 1.74 bits per heavy atom. The van der Waals surface area contributed by atoms with Gasteiger partial charge in [-0.2, -0.15) is 0 Å². The summed E-state index contributed by atoms with van der Waals surface area (Å²) in [5.41, 5.74) is 10.0. The van der Waals surface area contributed by atoms with Crippen LogP contribution in [0.1, 0.15) is 55.7 Å². The molecule has 1 unspecified atom stereocenters. The molecule has 0 aromatic heterocycles. The van der Waals surface area contributed by atoms with Crippen molar-refractivity contribution in [2.75, 3.05) is 13.2 Å². The largest absolute Gasteiger partial charge is 0.494 e. The summed E-state index contributed by atoms with van der Waals surface area (Å²) in [7, 11) is 0. The number of nitrogens with two attached hydrogens (primary N) is 1. The third-order valence-electron chi connectivity index (χ3n) is 4.22. The molecule has 2 heteroatoms. The van der Waals surface area contributed by atoms with Crippen LogP contribution in [0.3, 0.4) is 0 Å². The quantitative estimate of drug-likeness (QED) is 0.754. The summed E-state index contributed by atoms with van der Waals surface area (Å²) in [5, 5.41) is 0. The fourth-order valence-corrected chi connectivity index (χ4v) is 2.74. The van der Waals surface area contributed by atoms with Crippen LogP contribution in [0, 0.1) is 0 Å². The SMILES string of the molecule is CCCOc1cccc(C(CN)Cc2ccc(C(C)C)cc2)c1. The van der Waals surface area contributed by atoms with Crippen molar-refractivity contribution in [1.29, 1.82) is 0 Å². The lowest BCUT2D eigenvalue weighted by Crippen LogP contribution is -2.15. The minimum atomic E-state index is 0.324. The third kappa shape index (κ3) is 5.11. The van der Waals surface area contributed by atoms with Gasteiger partial charge in [0.2, 0.25) is 0 Å². The molecule has 2 N–H and O–H groups in total. The van der Waals surface area contributed by atoms with Crippen LogP contribution in [0.2, 0.25) is 0 Å². The molecule has 124 valence electrons. The van der Waals surface area contributed by atoms with Gasteiger partial charge < -0.3 is 10.5 Å². The number of rotatable bonds is 8. The topological polar surface area (TPSA) is 35.2 Å². The van der Waals surface area contributed by atoms with Crippen LogP contribution in [-0.4, -0.2) is 13.2 Å². The average Bonchev–Trinajstić information content (AvgIpc) is 2.58. The molecule has 0 heterocycles. The van der Waals surface area contributed by atoms with Crippen molar-refractivity contribution in [3.8, 4) is 5.75 Å². The van der Waals surface area contributed by atoms with Crippen LogP contribution < -0.4 is 10.5 Å². The van der Waals surface area contributed by atoms with E-state index in [2.05, 4.69) is 63.2 Å². The summed E-state index contributed by atoms with van der Waals surface area (Å²) < 4.78 is 5.74. The van der Waals surface area contributed by atoms with Gasteiger partial charge in [-0.05, 0) is 54.1 Å². The number of hydrogen-bond donors (Lipinski definition) is 1. The second-order valence-corrected chi connectivity index (χ2v) is 6.45. The fourth-order valence-electron chi connectivity index (χ4n) is 2.74. The van der Waals surface area contributed by atoms with E-state index in [4.69, 9.17) is 10.5 Å². The van der Waals surface area contributed by atoms with Crippen molar-refractivity contribution in [2.24, 2.45) is 5.73 Å². The van der Waals surface area contributed by atoms with Gasteiger partial charge in [-0.3, -0.25) is 0 Å². The zero-order chi connectivity index (χ0) is 16.7. The summed E-state index contributed by atoms with van der Waals surface area (Å²) in [6, 6.07) is 17.3. The Hall–Kier alpha value is -1.80. The van der Waals surface area contributed by atoms with Crippen LogP contribution in [0.4, 0.5) is 0 Å². The number of ether oxygens (including phenoxy) is 1. The van der Waals surface area contributed by atoms with Gasteiger partial charge in [0.25, 0.3) is 0 Å². The molecule has 0 saturated heterocycles. The molecular weight excluding hydrogens is 282 g/mol. The van der Waals surface area contributed by atoms with E-state index in [1.54, 1.807) is 0 Å². The Kier molecular flexibility index (Phi) is 6.66. The molecule has 0 aliphatic rings. The van der Waals surface area contributed by atoms with Crippen LogP contribution >= 0.6 is 0 Å². The maximum absolute atomic E-state index is 6.04. The molecule has 0 saturated carbocycles. The van der Waals surface area contributed by atoms with Gasteiger partial charge in [0, 0.05) is 5.92 Å². The molecule has 2 aromatic carbocycles. The first-order chi connectivity index (χ1) is 11.1. The summed E-state index contributed by atoms with van der Waals surface area (Å²) in [4.78, 5) is 0. The molecule has 1 atom stereocenters. The molecule has 2 nitrogen and oxygen atoms in total. The van der Waals surface area contributed by atoms with E-state index in [9.17, 15) is 0 Å². The van der Waals surface area contributed by atoms with Crippen LogP contribution in [0.25, 0.3) is 0 Å². The summed E-state index contributed by atoms with van der Waals surface area (Å²) in [5.74, 6) is 1.84. The number of hydrogen-bond acceptors (Lipinski definition) is 2.